The van der Waals surface area contributed by atoms with E-state index in [4.69, 9.17) is 5.73 Å². The summed E-state index contributed by atoms with van der Waals surface area (Å²) < 4.78 is 4.60. The number of nitrogens with two attached hydrogens (primary N) is 1. The molecule has 17 heavy (non-hydrogen) atoms. The van der Waals surface area contributed by atoms with Crippen molar-refractivity contribution in [3.05, 3.63) is 0 Å². The van der Waals surface area contributed by atoms with Gasteiger partial charge in [0.2, 0.25) is 0 Å². The van der Waals surface area contributed by atoms with Gasteiger partial charge >= 0.3 is 5.97 Å². The Balaban J connectivity index is 2.16. The summed E-state index contributed by atoms with van der Waals surface area (Å²) in [5.41, 5.74) is 5.70. The van der Waals surface area contributed by atoms with Gasteiger partial charge in [0, 0.05) is 13.1 Å². The second kappa shape index (κ2) is 6.93. The van der Waals surface area contributed by atoms with Crippen molar-refractivity contribution in [3.63, 3.8) is 0 Å². The number of carbonyl (C=O) groups is 1. The molecular weight excluding hydrogens is 218 g/mol. The number of rotatable bonds is 6. The number of esters is 1. The topological polar surface area (TPSA) is 58.8 Å². The lowest BCUT2D eigenvalue weighted by Gasteiger charge is -2.21. The molecule has 1 aliphatic rings. The molecule has 0 aliphatic carbocycles. The van der Waals surface area contributed by atoms with Crippen molar-refractivity contribution in [2.75, 3.05) is 47.4 Å². The summed E-state index contributed by atoms with van der Waals surface area (Å²) in [6.45, 7) is 4.29. The van der Waals surface area contributed by atoms with Gasteiger partial charge in [-0.05, 0) is 45.9 Å². The van der Waals surface area contributed by atoms with E-state index in [1.54, 1.807) is 0 Å². The first-order valence-corrected chi connectivity index (χ1v) is 6.23. The number of hydrogen-bond acceptors (Lipinski definition) is 5. The summed E-state index contributed by atoms with van der Waals surface area (Å²) in [6.07, 6.45) is 1.93. The molecule has 0 amide bonds. The van der Waals surface area contributed by atoms with Crippen molar-refractivity contribution in [2.45, 2.75) is 18.9 Å². The Bertz CT molecular complexity index is 248. The highest BCUT2D eigenvalue weighted by atomic mass is 16.5. The van der Waals surface area contributed by atoms with Crippen molar-refractivity contribution in [1.29, 1.82) is 0 Å². The molecule has 5 nitrogen and oxygen atoms in total. The number of methoxy groups -OCH3 is 1. The molecule has 0 aromatic rings. The minimum absolute atomic E-state index is 0.320. The molecule has 1 rings (SSSR count). The lowest BCUT2D eigenvalue weighted by molar-refractivity contribution is -0.142. The van der Waals surface area contributed by atoms with E-state index in [-0.39, 0.29) is 5.97 Å². The molecule has 1 fully saturated rings. The van der Waals surface area contributed by atoms with Gasteiger partial charge in [-0.25, -0.2) is 0 Å². The molecular formula is C12H25N3O2. The lowest BCUT2D eigenvalue weighted by atomic mass is 10.1. The summed E-state index contributed by atoms with van der Waals surface area (Å²) in [4.78, 5) is 15.8. The first-order valence-electron chi connectivity index (χ1n) is 6.23. The third-order valence-corrected chi connectivity index (χ3v) is 3.38. The smallest absolute Gasteiger partial charge is 0.322 e. The zero-order chi connectivity index (χ0) is 12.8. The van der Waals surface area contributed by atoms with Gasteiger partial charge in [-0.3, -0.25) is 4.79 Å². The Kier molecular flexibility index (Phi) is 5.88. The van der Waals surface area contributed by atoms with Crippen LogP contribution in [0.5, 0.6) is 0 Å². The second-order valence-corrected chi connectivity index (χ2v) is 5.10. The largest absolute Gasteiger partial charge is 0.468 e. The Morgan fingerprint density at radius 1 is 1.65 bits per heavy atom. The maximum atomic E-state index is 11.1. The van der Waals surface area contributed by atoms with E-state index < -0.39 is 6.04 Å². The molecule has 2 N–H and O–H groups in total. The fraction of sp³-hybridized carbons (Fsp3) is 0.917. The highest BCUT2D eigenvalue weighted by Crippen LogP contribution is 2.15. The minimum Gasteiger partial charge on any atom is -0.468 e. The number of carbonyl (C=O) groups excluding carboxylic acids is 1. The van der Waals surface area contributed by atoms with Gasteiger partial charge in [0.1, 0.15) is 6.04 Å². The molecule has 5 heteroatoms. The van der Waals surface area contributed by atoms with Gasteiger partial charge < -0.3 is 20.3 Å². The number of nitrogens with zero attached hydrogens (tertiary/aromatic N) is 2. The van der Waals surface area contributed by atoms with Crippen LogP contribution in [0.1, 0.15) is 12.8 Å². The fourth-order valence-electron chi connectivity index (χ4n) is 2.34. The molecule has 0 aromatic heterocycles. The molecule has 2 atom stereocenters. The van der Waals surface area contributed by atoms with Crippen LogP contribution in [0, 0.1) is 5.92 Å². The maximum absolute atomic E-state index is 11.1. The van der Waals surface area contributed by atoms with Gasteiger partial charge in [-0.15, -0.1) is 0 Å². The van der Waals surface area contributed by atoms with Crippen LogP contribution in [-0.2, 0) is 9.53 Å². The van der Waals surface area contributed by atoms with Gasteiger partial charge in [-0.1, -0.05) is 0 Å². The van der Waals surface area contributed by atoms with Crippen LogP contribution in [0.25, 0.3) is 0 Å². The number of ether oxygens (including phenoxy) is 1. The van der Waals surface area contributed by atoms with E-state index >= 15 is 0 Å². The fourth-order valence-corrected chi connectivity index (χ4v) is 2.34. The zero-order valence-electron chi connectivity index (χ0n) is 11.2. The predicted octanol–water partition coefficient (Wildman–Crippen LogP) is -0.240. The average molecular weight is 243 g/mol. The third-order valence-electron chi connectivity index (χ3n) is 3.38. The van der Waals surface area contributed by atoms with Crippen LogP contribution in [0.4, 0.5) is 0 Å². The normalized spacial score (nSPS) is 23.0. The van der Waals surface area contributed by atoms with E-state index in [9.17, 15) is 4.79 Å². The van der Waals surface area contributed by atoms with Gasteiger partial charge in [0.15, 0.2) is 0 Å². The van der Waals surface area contributed by atoms with Gasteiger partial charge in [0.05, 0.1) is 7.11 Å². The first-order chi connectivity index (χ1) is 8.02. The van der Waals surface area contributed by atoms with Crippen LogP contribution >= 0.6 is 0 Å². The Labute approximate surface area is 104 Å². The van der Waals surface area contributed by atoms with Crippen LogP contribution in [0.2, 0.25) is 0 Å². The molecule has 0 radical (unpaired) electrons. The minimum atomic E-state index is -0.492. The summed E-state index contributed by atoms with van der Waals surface area (Å²) in [5.74, 6) is 0.429. The maximum Gasteiger partial charge on any atom is 0.322 e. The van der Waals surface area contributed by atoms with Crippen LogP contribution in [-0.4, -0.2) is 69.2 Å². The van der Waals surface area contributed by atoms with E-state index in [0.717, 1.165) is 19.0 Å². The van der Waals surface area contributed by atoms with Gasteiger partial charge in [0.25, 0.3) is 0 Å². The van der Waals surface area contributed by atoms with Crippen LogP contribution in [0.3, 0.4) is 0 Å². The van der Waals surface area contributed by atoms with Crippen molar-refractivity contribution >= 4 is 5.97 Å². The van der Waals surface area contributed by atoms with Crippen molar-refractivity contribution in [2.24, 2.45) is 11.7 Å². The Morgan fingerprint density at radius 2 is 2.35 bits per heavy atom. The standard InChI is InChI=1S/C12H25N3O2/c1-14-6-4-10(8-14)9-15(2)7-5-11(13)12(16)17-3/h10-11H,4-9,13H2,1-3H3. The summed E-state index contributed by atoms with van der Waals surface area (Å²) in [5, 5.41) is 0. The highest BCUT2D eigenvalue weighted by Gasteiger charge is 2.21. The van der Waals surface area contributed by atoms with Crippen molar-refractivity contribution < 1.29 is 9.53 Å². The molecule has 0 aromatic carbocycles. The van der Waals surface area contributed by atoms with E-state index in [2.05, 4.69) is 28.6 Å². The molecule has 0 bridgehead atoms. The van der Waals surface area contributed by atoms with Gasteiger partial charge in [-0.2, -0.15) is 0 Å². The molecule has 1 saturated heterocycles. The van der Waals surface area contributed by atoms with Crippen molar-refractivity contribution in [1.82, 2.24) is 9.80 Å². The Morgan fingerprint density at radius 3 is 2.88 bits per heavy atom. The quantitative estimate of drug-likeness (QED) is 0.653. The Hall–Kier alpha value is -0.650. The molecule has 2 unspecified atom stereocenters. The average Bonchev–Trinajstić information content (AvgIpc) is 2.70. The number of hydrogen-bond donors (Lipinski definition) is 1. The molecule has 1 aliphatic heterocycles. The zero-order valence-corrected chi connectivity index (χ0v) is 11.2. The summed E-state index contributed by atoms with van der Waals surface area (Å²) in [6, 6.07) is -0.492. The monoisotopic (exact) mass is 243 g/mol. The molecule has 100 valence electrons. The summed E-state index contributed by atoms with van der Waals surface area (Å²) in [7, 11) is 5.62. The third kappa shape index (κ3) is 5.02. The van der Waals surface area contributed by atoms with Crippen LogP contribution < -0.4 is 5.73 Å². The lowest BCUT2D eigenvalue weighted by Crippen LogP contribution is -2.36. The second-order valence-electron chi connectivity index (χ2n) is 5.10. The van der Waals surface area contributed by atoms with E-state index in [0.29, 0.717) is 6.42 Å². The molecule has 0 spiro atoms. The molecule has 0 saturated carbocycles. The molecule has 1 heterocycles. The first kappa shape index (κ1) is 14.4. The number of likely N-dealkylation sites (tertiary alicyclic amines) is 1. The SMILES string of the molecule is COC(=O)C(N)CCN(C)CC1CCN(C)C1. The predicted molar refractivity (Wildman–Crippen MR) is 67.7 cm³/mol. The highest BCUT2D eigenvalue weighted by molar-refractivity contribution is 5.75. The van der Waals surface area contributed by atoms with Crippen LogP contribution in [0.15, 0.2) is 0 Å². The van der Waals surface area contributed by atoms with E-state index in [1.807, 2.05) is 0 Å². The summed E-state index contributed by atoms with van der Waals surface area (Å²) >= 11 is 0. The van der Waals surface area contributed by atoms with E-state index in [1.165, 1.54) is 26.6 Å². The van der Waals surface area contributed by atoms with Crippen molar-refractivity contribution in [3.8, 4) is 0 Å².